The summed E-state index contributed by atoms with van der Waals surface area (Å²) in [6.07, 6.45) is 2.60. The van der Waals surface area contributed by atoms with Crippen molar-refractivity contribution in [2.75, 3.05) is 19.6 Å². The molecule has 5 heteroatoms. The first-order valence-corrected chi connectivity index (χ1v) is 9.64. The smallest absolute Gasteiger partial charge is 0.124 e. The number of likely N-dealkylation sites (N-methyl/N-ethyl adjacent to an activating group) is 1. The molecule has 0 saturated carbocycles. The molecule has 0 unspecified atom stereocenters. The molecule has 140 valence electrons. The van der Waals surface area contributed by atoms with Crippen LogP contribution < -0.4 is 10.1 Å². The molecule has 0 aliphatic carbocycles. The van der Waals surface area contributed by atoms with E-state index in [0.29, 0.717) is 17.7 Å². The van der Waals surface area contributed by atoms with Crippen molar-refractivity contribution in [1.29, 1.82) is 0 Å². The zero-order valence-corrected chi connectivity index (χ0v) is 15.9. The third kappa shape index (κ3) is 5.19. The van der Waals surface area contributed by atoms with Gasteiger partial charge < -0.3 is 10.1 Å². The summed E-state index contributed by atoms with van der Waals surface area (Å²) in [4.78, 5) is 2.55. The Labute approximate surface area is 160 Å². The molecule has 2 aromatic carbocycles. The van der Waals surface area contributed by atoms with Gasteiger partial charge in [0.15, 0.2) is 0 Å². The molecule has 1 fully saturated rings. The molecule has 0 bridgehead atoms. The minimum Gasteiger partial charge on any atom is -0.489 e. The van der Waals surface area contributed by atoms with Gasteiger partial charge in [0.05, 0.1) is 5.02 Å². The summed E-state index contributed by atoms with van der Waals surface area (Å²) in [5, 5.41) is 3.95. The Hall–Kier alpha value is -1.62. The fourth-order valence-corrected chi connectivity index (χ4v) is 3.65. The van der Waals surface area contributed by atoms with Gasteiger partial charge in [-0.05, 0) is 55.8 Å². The van der Waals surface area contributed by atoms with E-state index in [0.717, 1.165) is 30.9 Å². The second-order valence-corrected chi connectivity index (χ2v) is 7.13. The molecule has 0 aromatic heterocycles. The number of likely N-dealkylation sites (tertiary alicyclic amines) is 1. The zero-order chi connectivity index (χ0) is 18.4. The predicted octanol–water partition coefficient (Wildman–Crippen LogP) is 4.63. The van der Waals surface area contributed by atoms with Crippen LogP contribution in [0.25, 0.3) is 0 Å². The molecule has 1 atom stereocenters. The third-order valence-corrected chi connectivity index (χ3v) is 5.30. The van der Waals surface area contributed by atoms with E-state index in [1.165, 1.54) is 37.1 Å². The number of rotatable bonds is 8. The molecule has 3 rings (SSSR count). The topological polar surface area (TPSA) is 24.5 Å². The van der Waals surface area contributed by atoms with Gasteiger partial charge in [0.1, 0.15) is 18.2 Å². The van der Waals surface area contributed by atoms with Gasteiger partial charge >= 0.3 is 0 Å². The molecule has 1 aliphatic rings. The molecule has 1 heterocycles. The van der Waals surface area contributed by atoms with Crippen LogP contribution in [0.1, 0.15) is 30.9 Å². The maximum absolute atomic E-state index is 13.1. The summed E-state index contributed by atoms with van der Waals surface area (Å²) < 4.78 is 18.8. The van der Waals surface area contributed by atoms with Crippen LogP contribution in [-0.4, -0.2) is 30.6 Å². The van der Waals surface area contributed by atoms with E-state index >= 15 is 0 Å². The van der Waals surface area contributed by atoms with E-state index in [1.807, 2.05) is 12.1 Å². The Bertz CT molecular complexity index is 708. The number of hydrogen-bond acceptors (Lipinski definition) is 3. The van der Waals surface area contributed by atoms with Crippen LogP contribution in [0.5, 0.6) is 5.75 Å². The number of benzene rings is 2. The van der Waals surface area contributed by atoms with E-state index < -0.39 is 0 Å². The fraction of sp³-hybridized carbons (Fsp3) is 0.429. The van der Waals surface area contributed by atoms with Crippen molar-refractivity contribution in [1.82, 2.24) is 10.2 Å². The van der Waals surface area contributed by atoms with Gasteiger partial charge in [-0.2, -0.15) is 0 Å². The summed E-state index contributed by atoms with van der Waals surface area (Å²) in [7, 11) is 0. The summed E-state index contributed by atoms with van der Waals surface area (Å²) in [5.74, 6) is 0.442. The van der Waals surface area contributed by atoms with Crippen molar-refractivity contribution in [3.8, 4) is 5.75 Å². The Morgan fingerprint density at radius 1 is 1.23 bits per heavy atom. The first-order valence-electron chi connectivity index (χ1n) is 9.26. The Morgan fingerprint density at radius 2 is 2.04 bits per heavy atom. The summed E-state index contributed by atoms with van der Waals surface area (Å²) in [5.41, 5.74) is 2.01. The normalized spacial score (nSPS) is 17.6. The molecule has 0 amide bonds. The van der Waals surface area contributed by atoms with Crippen molar-refractivity contribution >= 4 is 11.6 Å². The highest BCUT2D eigenvalue weighted by Crippen LogP contribution is 2.20. The molecule has 1 saturated heterocycles. The summed E-state index contributed by atoms with van der Waals surface area (Å²) in [6, 6.07) is 13.1. The lowest BCUT2D eigenvalue weighted by molar-refractivity contribution is 0.260. The number of ether oxygens (including phenoxy) is 1. The van der Waals surface area contributed by atoms with Crippen LogP contribution in [0.4, 0.5) is 4.39 Å². The number of nitrogens with one attached hydrogen (secondary N) is 1. The Morgan fingerprint density at radius 3 is 2.77 bits per heavy atom. The lowest BCUT2D eigenvalue weighted by atomic mass is 10.2. The average Bonchev–Trinajstić information content (AvgIpc) is 3.10. The lowest BCUT2D eigenvalue weighted by Crippen LogP contribution is -2.37. The summed E-state index contributed by atoms with van der Waals surface area (Å²) in [6.45, 7) is 6.82. The van der Waals surface area contributed by atoms with Gasteiger partial charge in [0, 0.05) is 24.7 Å². The largest absolute Gasteiger partial charge is 0.489 e. The average molecular weight is 377 g/mol. The number of nitrogens with zero attached hydrogens (tertiary/aromatic N) is 1. The van der Waals surface area contributed by atoms with Gasteiger partial charge in [-0.1, -0.05) is 36.7 Å². The van der Waals surface area contributed by atoms with Crippen LogP contribution in [0, 0.1) is 5.82 Å². The maximum atomic E-state index is 13.1. The second-order valence-electron chi connectivity index (χ2n) is 6.72. The molecular formula is C21H26ClFN2O. The van der Waals surface area contributed by atoms with Crippen LogP contribution in [0.2, 0.25) is 5.02 Å². The van der Waals surface area contributed by atoms with Crippen molar-refractivity contribution in [2.24, 2.45) is 0 Å². The van der Waals surface area contributed by atoms with E-state index in [2.05, 4.69) is 29.3 Å². The lowest BCUT2D eigenvalue weighted by Gasteiger charge is -2.23. The van der Waals surface area contributed by atoms with Gasteiger partial charge in [0.25, 0.3) is 0 Å². The van der Waals surface area contributed by atoms with Crippen molar-refractivity contribution < 1.29 is 9.13 Å². The maximum Gasteiger partial charge on any atom is 0.124 e. The predicted molar refractivity (Wildman–Crippen MR) is 104 cm³/mol. The first-order chi connectivity index (χ1) is 12.7. The quantitative estimate of drug-likeness (QED) is 0.726. The Balaban J connectivity index is 1.44. The van der Waals surface area contributed by atoms with Crippen LogP contribution in [0.15, 0.2) is 42.5 Å². The number of halogens is 2. The van der Waals surface area contributed by atoms with Crippen LogP contribution in [0.3, 0.4) is 0 Å². The molecule has 2 aromatic rings. The monoisotopic (exact) mass is 376 g/mol. The zero-order valence-electron chi connectivity index (χ0n) is 15.2. The SMILES string of the molecule is CCN1CCC[C@@H]1CNCc1ccc(OCc2ccc(F)cc2Cl)cc1. The minimum atomic E-state index is -0.338. The number of hydrogen-bond donors (Lipinski definition) is 1. The van der Waals surface area contributed by atoms with E-state index in [1.54, 1.807) is 6.07 Å². The summed E-state index contributed by atoms with van der Waals surface area (Å²) >= 11 is 6.02. The molecule has 1 aliphatic heterocycles. The molecule has 0 spiro atoms. The van der Waals surface area contributed by atoms with E-state index in [9.17, 15) is 4.39 Å². The van der Waals surface area contributed by atoms with E-state index in [4.69, 9.17) is 16.3 Å². The van der Waals surface area contributed by atoms with Crippen LogP contribution in [-0.2, 0) is 13.2 Å². The standard InChI is InChI=1S/C21H26ClFN2O/c1-2-25-11-3-4-19(25)14-24-13-16-5-9-20(10-6-16)26-15-17-7-8-18(23)12-21(17)22/h5-10,12,19,24H,2-4,11,13-15H2,1H3/t19-/m1/s1. The molecule has 3 nitrogen and oxygen atoms in total. The van der Waals surface area contributed by atoms with Crippen molar-refractivity contribution in [3.63, 3.8) is 0 Å². The van der Waals surface area contributed by atoms with Crippen molar-refractivity contribution in [3.05, 3.63) is 64.4 Å². The van der Waals surface area contributed by atoms with Crippen molar-refractivity contribution in [2.45, 2.75) is 39.0 Å². The molecule has 26 heavy (non-hydrogen) atoms. The van der Waals surface area contributed by atoms with Gasteiger partial charge in [-0.3, -0.25) is 4.90 Å². The highest BCUT2D eigenvalue weighted by Gasteiger charge is 2.21. The highest BCUT2D eigenvalue weighted by atomic mass is 35.5. The molecular weight excluding hydrogens is 351 g/mol. The minimum absolute atomic E-state index is 0.325. The first kappa shape index (κ1) is 19.2. The second kappa shape index (κ2) is 9.36. The van der Waals surface area contributed by atoms with Gasteiger partial charge in [-0.15, -0.1) is 0 Å². The molecule has 1 N–H and O–H groups in total. The molecule has 0 radical (unpaired) electrons. The van der Waals surface area contributed by atoms with Gasteiger partial charge in [0.2, 0.25) is 0 Å². The Kier molecular flexibility index (Phi) is 6.89. The van der Waals surface area contributed by atoms with Crippen LogP contribution >= 0.6 is 11.6 Å². The van der Waals surface area contributed by atoms with E-state index in [-0.39, 0.29) is 5.82 Å². The highest BCUT2D eigenvalue weighted by molar-refractivity contribution is 6.31. The fourth-order valence-electron chi connectivity index (χ4n) is 3.43. The van der Waals surface area contributed by atoms with Gasteiger partial charge in [-0.25, -0.2) is 4.39 Å². The third-order valence-electron chi connectivity index (χ3n) is 4.95.